The van der Waals surface area contributed by atoms with E-state index in [-0.39, 0.29) is 5.69 Å². The van der Waals surface area contributed by atoms with Crippen molar-refractivity contribution in [2.24, 2.45) is 0 Å². The van der Waals surface area contributed by atoms with E-state index in [2.05, 4.69) is 6.07 Å². The molecule has 4 nitrogen and oxygen atoms in total. The lowest BCUT2D eigenvalue weighted by Crippen LogP contribution is -1.95. The van der Waals surface area contributed by atoms with Crippen molar-refractivity contribution in [1.82, 2.24) is 0 Å². The van der Waals surface area contributed by atoms with E-state index in [0.717, 1.165) is 11.3 Å². The smallest absolute Gasteiger partial charge is 0.269 e. The van der Waals surface area contributed by atoms with Crippen molar-refractivity contribution in [2.45, 2.75) is 6.61 Å². The number of rotatable bonds is 4. The second-order valence-electron chi connectivity index (χ2n) is 3.45. The Morgan fingerprint density at radius 1 is 1.24 bits per heavy atom. The van der Waals surface area contributed by atoms with E-state index in [1.807, 2.05) is 12.1 Å². The van der Waals surface area contributed by atoms with Crippen LogP contribution in [-0.4, -0.2) is 4.92 Å². The van der Waals surface area contributed by atoms with Crippen molar-refractivity contribution in [3.05, 3.63) is 70.3 Å². The van der Waals surface area contributed by atoms with Gasteiger partial charge in [0.05, 0.1) is 4.92 Å². The van der Waals surface area contributed by atoms with Crippen LogP contribution < -0.4 is 4.74 Å². The Morgan fingerprint density at radius 2 is 2.00 bits per heavy atom. The predicted molar refractivity (Wildman–Crippen MR) is 62.7 cm³/mol. The number of benzene rings is 2. The molecule has 0 bridgehead atoms. The molecule has 0 saturated carbocycles. The van der Waals surface area contributed by atoms with Crippen LogP contribution in [0.5, 0.6) is 5.75 Å². The molecule has 0 aliphatic heterocycles. The third-order valence-electron chi connectivity index (χ3n) is 2.23. The molecule has 1 radical (unpaired) electrons. The standard InChI is InChI=1S/C13H10NO3/c15-14(16)12-8-6-11(7-9-12)10-17-13-4-2-1-3-5-13/h1-2,4-9H,10H2. The van der Waals surface area contributed by atoms with E-state index in [9.17, 15) is 10.1 Å². The minimum absolute atomic E-state index is 0.0850. The molecule has 2 aromatic carbocycles. The molecule has 4 heteroatoms. The maximum Gasteiger partial charge on any atom is 0.269 e. The molecule has 0 heterocycles. The summed E-state index contributed by atoms with van der Waals surface area (Å²) in [5.41, 5.74) is 0.973. The zero-order valence-electron chi connectivity index (χ0n) is 9.00. The van der Waals surface area contributed by atoms with E-state index in [1.165, 1.54) is 12.1 Å². The zero-order chi connectivity index (χ0) is 12.1. The van der Waals surface area contributed by atoms with E-state index in [1.54, 1.807) is 24.3 Å². The summed E-state index contributed by atoms with van der Waals surface area (Å²) in [5, 5.41) is 10.5. The maximum absolute atomic E-state index is 10.5. The summed E-state index contributed by atoms with van der Waals surface area (Å²) in [5.74, 6) is 0.728. The van der Waals surface area contributed by atoms with Crippen LogP contribution >= 0.6 is 0 Å². The second-order valence-corrected chi connectivity index (χ2v) is 3.45. The molecule has 85 valence electrons. The summed E-state index contributed by atoms with van der Waals surface area (Å²) >= 11 is 0. The fourth-order valence-corrected chi connectivity index (χ4v) is 1.35. The van der Waals surface area contributed by atoms with Gasteiger partial charge in [0.1, 0.15) is 12.4 Å². The maximum atomic E-state index is 10.5. The molecule has 2 aromatic rings. The van der Waals surface area contributed by atoms with Gasteiger partial charge in [-0.15, -0.1) is 0 Å². The Morgan fingerprint density at radius 3 is 2.59 bits per heavy atom. The average molecular weight is 228 g/mol. The Bertz CT molecular complexity index is 494. The van der Waals surface area contributed by atoms with Gasteiger partial charge in [-0.3, -0.25) is 10.1 Å². The van der Waals surface area contributed by atoms with Crippen LogP contribution in [0, 0.1) is 16.2 Å². The highest BCUT2D eigenvalue weighted by molar-refractivity contribution is 5.33. The van der Waals surface area contributed by atoms with E-state index in [0.29, 0.717) is 6.61 Å². The molecule has 0 saturated heterocycles. The van der Waals surface area contributed by atoms with Gasteiger partial charge >= 0.3 is 0 Å². The third kappa shape index (κ3) is 3.04. The van der Waals surface area contributed by atoms with Gasteiger partial charge in [0, 0.05) is 12.1 Å². The third-order valence-corrected chi connectivity index (χ3v) is 2.23. The molecular weight excluding hydrogens is 218 g/mol. The van der Waals surface area contributed by atoms with Crippen LogP contribution in [0.4, 0.5) is 5.69 Å². The number of nitro groups is 1. The molecular formula is C13H10NO3. The number of nitro benzene ring substituents is 1. The number of ether oxygens (including phenoxy) is 1. The lowest BCUT2D eigenvalue weighted by Gasteiger charge is -2.05. The van der Waals surface area contributed by atoms with Crippen molar-refractivity contribution in [1.29, 1.82) is 0 Å². The van der Waals surface area contributed by atoms with Crippen LogP contribution in [0.15, 0.2) is 48.5 Å². The Balaban J connectivity index is 1.98. The summed E-state index contributed by atoms with van der Waals surface area (Å²) in [6.45, 7) is 0.385. The van der Waals surface area contributed by atoms with Gasteiger partial charge in [-0.1, -0.05) is 12.1 Å². The molecule has 0 N–H and O–H groups in total. The lowest BCUT2D eigenvalue weighted by molar-refractivity contribution is -0.384. The van der Waals surface area contributed by atoms with Crippen LogP contribution in [0.2, 0.25) is 0 Å². The molecule has 0 spiro atoms. The predicted octanol–water partition coefficient (Wildman–Crippen LogP) is 2.97. The molecule has 2 rings (SSSR count). The Labute approximate surface area is 98.6 Å². The molecule has 0 atom stereocenters. The molecule has 0 aliphatic carbocycles. The minimum atomic E-state index is -0.420. The minimum Gasteiger partial charge on any atom is -0.489 e. The van der Waals surface area contributed by atoms with Gasteiger partial charge in [0.25, 0.3) is 5.69 Å². The molecule has 0 aliphatic rings. The van der Waals surface area contributed by atoms with Gasteiger partial charge in [-0.25, -0.2) is 0 Å². The van der Waals surface area contributed by atoms with Crippen LogP contribution in [0.1, 0.15) is 5.56 Å². The normalized spacial score (nSPS) is 9.88. The van der Waals surface area contributed by atoms with E-state index >= 15 is 0 Å². The summed E-state index contributed by atoms with van der Waals surface area (Å²) in [6, 6.07) is 16.4. The van der Waals surface area contributed by atoms with Gasteiger partial charge in [-0.2, -0.15) is 0 Å². The molecule has 17 heavy (non-hydrogen) atoms. The second kappa shape index (κ2) is 5.12. The van der Waals surface area contributed by atoms with Gasteiger partial charge < -0.3 is 4.74 Å². The highest BCUT2D eigenvalue weighted by atomic mass is 16.6. The number of hydrogen-bond donors (Lipinski definition) is 0. The monoisotopic (exact) mass is 228 g/mol. The average Bonchev–Trinajstić information content (AvgIpc) is 2.38. The summed E-state index contributed by atoms with van der Waals surface area (Å²) in [4.78, 5) is 10.0. The van der Waals surface area contributed by atoms with Crippen LogP contribution in [-0.2, 0) is 6.61 Å². The fraction of sp³-hybridized carbons (Fsp3) is 0.0769. The highest BCUT2D eigenvalue weighted by Gasteiger charge is 2.03. The lowest BCUT2D eigenvalue weighted by atomic mass is 10.2. The summed E-state index contributed by atoms with van der Waals surface area (Å²) in [7, 11) is 0. The molecule has 0 aromatic heterocycles. The zero-order valence-corrected chi connectivity index (χ0v) is 9.00. The largest absolute Gasteiger partial charge is 0.489 e. The first-order chi connectivity index (χ1) is 8.25. The first-order valence-corrected chi connectivity index (χ1v) is 5.08. The SMILES string of the molecule is O=[N+]([O-])c1ccc(COc2c[c]ccc2)cc1. The summed E-state index contributed by atoms with van der Waals surface area (Å²) in [6.07, 6.45) is 0. The number of nitrogens with zero attached hydrogens (tertiary/aromatic N) is 1. The van der Waals surface area contributed by atoms with Crippen molar-refractivity contribution in [2.75, 3.05) is 0 Å². The highest BCUT2D eigenvalue weighted by Crippen LogP contribution is 2.14. The Hall–Kier alpha value is -2.36. The fourth-order valence-electron chi connectivity index (χ4n) is 1.35. The van der Waals surface area contributed by atoms with Gasteiger partial charge in [-0.05, 0) is 35.9 Å². The van der Waals surface area contributed by atoms with Crippen LogP contribution in [0.3, 0.4) is 0 Å². The van der Waals surface area contributed by atoms with Gasteiger partial charge in [0.2, 0.25) is 0 Å². The Kier molecular flexibility index (Phi) is 3.35. The topological polar surface area (TPSA) is 52.4 Å². The molecule has 0 amide bonds. The van der Waals surface area contributed by atoms with E-state index < -0.39 is 4.92 Å². The van der Waals surface area contributed by atoms with Crippen molar-refractivity contribution in [3.8, 4) is 5.75 Å². The van der Waals surface area contributed by atoms with Crippen molar-refractivity contribution >= 4 is 5.69 Å². The number of hydrogen-bond acceptors (Lipinski definition) is 3. The quantitative estimate of drug-likeness (QED) is 0.597. The van der Waals surface area contributed by atoms with Gasteiger partial charge in [0.15, 0.2) is 0 Å². The van der Waals surface area contributed by atoms with E-state index in [4.69, 9.17) is 4.74 Å². The first-order valence-electron chi connectivity index (χ1n) is 5.08. The van der Waals surface area contributed by atoms with Crippen LogP contribution in [0.25, 0.3) is 0 Å². The van der Waals surface area contributed by atoms with Crippen molar-refractivity contribution in [3.63, 3.8) is 0 Å². The first kappa shape index (κ1) is 11.1. The summed E-state index contributed by atoms with van der Waals surface area (Å²) < 4.78 is 5.49. The number of non-ortho nitro benzene ring substituents is 1. The van der Waals surface area contributed by atoms with Crippen molar-refractivity contribution < 1.29 is 9.66 Å². The molecule has 0 fully saturated rings. The molecule has 0 unspecified atom stereocenters.